The Labute approximate surface area is 163 Å². The van der Waals surface area contributed by atoms with Gasteiger partial charge < -0.3 is 9.64 Å². The number of carbonyl (C=O) groups is 1. The number of unbranched alkanes of at least 4 members (excludes halogenated alkanes) is 12. The topological polar surface area (TPSA) is 29.5 Å². The normalized spacial score (nSPS) is 17.4. The Morgan fingerprint density at radius 1 is 0.885 bits per heavy atom. The Morgan fingerprint density at radius 2 is 1.38 bits per heavy atom. The molecule has 0 bridgehead atoms. The van der Waals surface area contributed by atoms with Crippen LogP contribution < -0.4 is 0 Å². The Hall–Kier alpha value is -0.570. The van der Waals surface area contributed by atoms with Gasteiger partial charge in [-0.1, -0.05) is 84.0 Å². The Morgan fingerprint density at radius 3 is 1.88 bits per heavy atom. The molecule has 26 heavy (non-hydrogen) atoms. The van der Waals surface area contributed by atoms with Gasteiger partial charge in [0.15, 0.2) is 0 Å². The predicted molar refractivity (Wildman–Crippen MR) is 112 cm³/mol. The molecule has 0 spiro atoms. The van der Waals surface area contributed by atoms with Gasteiger partial charge in [-0.05, 0) is 26.7 Å². The number of hydrogen-bond acceptors (Lipinski definition) is 2. The first kappa shape index (κ1) is 23.5. The standard InChI is InChI=1S/C23H45NO2/c1-4-5-6-7-8-9-10-11-12-13-14-15-16-17-23(25)24-19-18-22(20-24)26-21(2)3/h21-22H,4-20H2,1-3H3/t22-/m0/s1. The van der Waals surface area contributed by atoms with Crippen LogP contribution in [0.25, 0.3) is 0 Å². The van der Waals surface area contributed by atoms with Gasteiger partial charge in [0.25, 0.3) is 0 Å². The van der Waals surface area contributed by atoms with Crippen molar-refractivity contribution in [1.29, 1.82) is 0 Å². The zero-order valence-electron chi connectivity index (χ0n) is 17.9. The first-order valence-electron chi connectivity index (χ1n) is 11.6. The van der Waals surface area contributed by atoms with Crippen LogP contribution in [0.1, 0.15) is 117 Å². The van der Waals surface area contributed by atoms with E-state index in [4.69, 9.17) is 4.74 Å². The molecule has 0 radical (unpaired) electrons. The van der Waals surface area contributed by atoms with Crippen LogP contribution in [-0.4, -0.2) is 36.1 Å². The molecule has 0 N–H and O–H groups in total. The van der Waals surface area contributed by atoms with Gasteiger partial charge in [-0.3, -0.25) is 4.79 Å². The van der Waals surface area contributed by atoms with E-state index in [0.29, 0.717) is 5.91 Å². The highest BCUT2D eigenvalue weighted by Gasteiger charge is 2.26. The minimum atomic E-state index is 0.255. The summed E-state index contributed by atoms with van der Waals surface area (Å²) in [6.45, 7) is 8.10. The number of ether oxygens (including phenoxy) is 1. The summed E-state index contributed by atoms with van der Waals surface area (Å²) in [5, 5.41) is 0. The van der Waals surface area contributed by atoms with E-state index in [2.05, 4.69) is 20.8 Å². The smallest absolute Gasteiger partial charge is 0.222 e. The minimum absolute atomic E-state index is 0.255. The van der Waals surface area contributed by atoms with E-state index in [1.165, 1.54) is 77.0 Å². The fourth-order valence-electron chi connectivity index (χ4n) is 3.90. The molecule has 0 aliphatic carbocycles. The van der Waals surface area contributed by atoms with Crippen LogP contribution in [0.5, 0.6) is 0 Å². The molecule has 0 unspecified atom stereocenters. The van der Waals surface area contributed by atoms with Crippen LogP contribution in [0.3, 0.4) is 0 Å². The fraction of sp³-hybridized carbons (Fsp3) is 0.957. The number of likely N-dealkylation sites (tertiary alicyclic amines) is 1. The summed E-state index contributed by atoms with van der Waals surface area (Å²) in [5.74, 6) is 0.336. The van der Waals surface area contributed by atoms with E-state index in [0.717, 1.165) is 32.4 Å². The van der Waals surface area contributed by atoms with Crippen LogP contribution in [0, 0.1) is 0 Å². The highest BCUT2D eigenvalue weighted by Crippen LogP contribution is 2.17. The highest BCUT2D eigenvalue weighted by atomic mass is 16.5. The summed E-state index contributed by atoms with van der Waals surface area (Å²) >= 11 is 0. The SMILES string of the molecule is CCCCCCCCCCCCCCCC(=O)N1CC[C@H](OC(C)C)C1. The second-order valence-corrected chi connectivity index (χ2v) is 8.43. The zero-order chi connectivity index (χ0) is 19.0. The average molecular weight is 368 g/mol. The van der Waals surface area contributed by atoms with Gasteiger partial charge in [-0.15, -0.1) is 0 Å². The molecule has 1 atom stereocenters. The molecule has 1 aliphatic rings. The first-order valence-corrected chi connectivity index (χ1v) is 11.6. The molecule has 1 fully saturated rings. The number of hydrogen-bond donors (Lipinski definition) is 0. The van der Waals surface area contributed by atoms with Crippen molar-refractivity contribution >= 4 is 5.91 Å². The van der Waals surface area contributed by atoms with Crippen LogP contribution in [-0.2, 0) is 9.53 Å². The van der Waals surface area contributed by atoms with Crippen LogP contribution in [0.4, 0.5) is 0 Å². The number of amides is 1. The third-order valence-corrected chi connectivity index (χ3v) is 5.46. The maximum absolute atomic E-state index is 12.2. The van der Waals surface area contributed by atoms with Crippen molar-refractivity contribution in [3.63, 3.8) is 0 Å². The molecule has 0 aromatic heterocycles. The van der Waals surface area contributed by atoms with Crippen LogP contribution in [0.15, 0.2) is 0 Å². The van der Waals surface area contributed by atoms with E-state index in [1.54, 1.807) is 0 Å². The van der Waals surface area contributed by atoms with Crippen LogP contribution >= 0.6 is 0 Å². The second-order valence-electron chi connectivity index (χ2n) is 8.43. The van der Waals surface area contributed by atoms with Crippen molar-refractivity contribution in [2.24, 2.45) is 0 Å². The number of carbonyl (C=O) groups excluding carboxylic acids is 1. The lowest BCUT2D eigenvalue weighted by Crippen LogP contribution is -2.30. The van der Waals surface area contributed by atoms with Crippen molar-refractivity contribution in [2.75, 3.05) is 13.1 Å². The summed E-state index contributed by atoms with van der Waals surface area (Å²) in [4.78, 5) is 14.3. The van der Waals surface area contributed by atoms with Gasteiger partial charge in [0.05, 0.1) is 12.2 Å². The molecule has 1 aliphatic heterocycles. The molecule has 154 valence electrons. The molecule has 0 aromatic rings. The van der Waals surface area contributed by atoms with Gasteiger partial charge in [-0.2, -0.15) is 0 Å². The largest absolute Gasteiger partial charge is 0.374 e. The molecular weight excluding hydrogens is 322 g/mol. The van der Waals surface area contributed by atoms with Gasteiger partial charge in [-0.25, -0.2) is 0 Å². The Kier molecular flexibility index (Phi) is 14.0. The molecule has 1 amide bonds. The third-order valence-electron chi connectivity index (χ3n) is 5.46. The summed E-state index contributed by atoms with van der Waals surface area (Å²) < 4.78 is 5.82. The van der Waals surface area contributed by atoms with Crippen LogP contribution in [0.2, 0.25) is 0 Å². The van der Waals surface area contributed by atoms with E-state index in [-0.39, 0.29) is 12.2 Å². The van der Waals surface area contributed by atoms with E-state index >= 15 is 0 Å². The second kappa shape index (κ2) is 15.5. The average Bonchev–Trinajstić information content (AvgIpc) is 3.06. The highest BCUT2D eigenvalue weighted by molar-refractivity contribution is 5.76. The summed E-state index contributed by atoms with van der Waals surface area (Å²) in [5.41, 5.74) is 0. The number of rotatable bonds is 16. The molecule has 0 saturated carbocycles. The Balaban J connectivity index is 1.85. The molecular formula is C23H45NO2. The lowest BCUT2D eigenvalue weighted by Gasteiger charge is -2.18. The zero-order valence-corrected chi connectivity index (χ0v) is 17.9. The van der Waals surface area contributed by atoms with Crippen molar-refractivity contribution in [3.05, 3.63) is 0 Å². The van der Waals surface area contributed by atoms with Gasteiger partial charge >= 0.3 is 0 Å². The maximum Gasteiger partial charge on any atom is 0.222 e. The third kappa shape index (κ3) is 11.9. The van der Waals surface area contributed by atoms with Gasteiger partial charge in [0.1, 0.15) is 0 Å². The monoisotopic (exact) mass is 367 g/mol. The lowest BCUT2D eigenvalue weighted by molar-refractivity contribution is -0.131. The fourth-order valence-corrected chi connectivity index (χ4v) is 3.90. The predicted octanol–water partition coefficient (Wildman–Crippen LogP) is 6.49. The maximum atomic E-state index is 12.2. The summed E-state index contributed by atoms with van der Waals surface area (Å²) in [7, 11) is 0. The van der Waals surface area contributed by atoms with E-state index < -0.39 is 0 Å². The molecule has 3 nitrogen and oxygen atoms in total. The van der Waals surface area contributed by atoms with Gasteiger partial charge in [0.2, 0.25) is 5.91 Å². The van der Waals surface area contributed by atoms with Crippen molar-refractivity contribution in [1.82, 2.24) is 4.90 Å². The molecule has 0 aromatic carbocycles. The molecule has 1 heterocycles. The van der Waals surface area contributed by atoms with Crippen molar-refractivity contribution in [3.8, 4) is 0 Å². The number of nitrogens with zero attached hydrogens (tertiary/aromatic N) is 1. The quantitative estimate of drug-likeness (QED) is 0.292. The first-order chi connectivity index (χ1) is 12.6. The molecule has 1 saturated heterocycles. The van der Waals surface area contributed by atoms with E-state index in [9.17, 15) is 4.79 Å². The van der Waals surface area contributed by atoms with Crippen molar-refractivity contribution in [2.45, 2.75) is 129 Å². The molecule has 1 rings (SSSR count). The van der Waals surface area contributed by atoms with Crippen molar-refractivity contribution < 1.29 is 9.53 Å². The van der Waals surface area contributed by atoms with E-state index in [1.807, 2.05) is 4.90 Å². The van der Waals surface area contributed by atoms with Gasteiger partial charge in [0, 0.05) is 19.5 Å². The summed E-state index contributed by atoms with van der Waals surface area (Å²) in [6.07, 6.45) is 19.8. The lowest BCUT2D eigenvalue weighted by atomic mass is 10.0. The summed E-state index contributed by atoms with van der Waals surface area (Å²) in [6, 6.07) is 0. The minimum Gasteiger partial charge on any atom is -0.374 e. The molecule has 3 heteroatoms. The Bertz CT molecular complexity index is 343.